The third-order valence-electron chi connectivity index (χ3n) is 2.89. The van der Waals surface area contributed by atoms with Crippen LogP contribution >= 0.6 is 0 Å². The van der Waals surface area contributed by atoms with Crippen molar-refractivity contribution < 1.29 is 18.3 Å². The van der Waals surface area contributed by atoms with Crippen LogP contribution in [0.25, 0.3) is 0 Å². The third-order valence-corrected chi connectivity index (χ3v) is 4.71. The molecule has 1 aliphatic heterocycles. The van der Waals surface area contributed by atoms with E-state index in [2.05, 4.69) is 4.98 Å². The van der Waals surface area contributed by atoms with Crippen molar-refractivity contribution in [2.45, 2.75) is 24.0 Å². The van der Waals surface area contributed by atoms with Crippen molar-refractivity contribution in [2.24, 2.45) is 0 Å². The minimum Gasteiger partial charge on any atom is -0.394 e. The zero-order valence-electron chi connectivity index (χ0n) is 10.6. The summed E-state index contributed by atoms with van der Waals surface area (Å²) in [6, 6.07) is 2.87. The quantitative estimate of drug-likeness (QED) is 0.771. The smallest absolute Gasteiger partial charge is 0.244 e. The molecule has 0 spiro atoms. The number of hydrogen-bond acceptors (Lipinski definition) is 6. The number of rotatable bonds is 3. The lowest BCUT2D eigenvalue weighted by Gasteiger charge is -2.35. The van der Waals surface area contributed by atoms with E-state index in [1.54, 1.807) is 6.92 Å². The second-order valence-corrected chi connectivity index (χ2v) is 6.43. The average Bonchev–Trinajstić information content (AvgIpc) is 2.38. The maximum Gasteiger partial charge on any atom is 0.244 e. The number of sulfonamides is 1. The Labute approximate surface area is 112 Å². The standard InChI is InChI=1S/C11H17N3O4S/c1-8-5-14(6-9(7-15)18-8)19(16,17)10-2-3-11(12)13-4-10/h2-4,8-9,15H,5-7H2,1H3,(H2,12,13). The Hall–Kier alpha value is -1.22. The number of aliphatic hydroxyl groups excluding tert-OH is 1. The molecule has 0 amide bonds. The van der Waals surface area contributed by atoms with E-state index in [0.717, 1.165) is 0 Å². The molecule has 2 heterocycles. The summed E-state index contributed by atoms with van der Waals surface area (Å²) in [5.74, 6) is 0.266. The summed E-state index contributed by atoms with van der Waals surface area (Å²) >= 11 is 0. The molecule has 106 valence electrons. The third kappa shape index (κ3) is 3.03. The largest absolute Gasteiger partial charge is 0.394 e. The Kier molecular flexibility index (Phi) is 4.04. The Morgan fingerprint density at radius 1 is 1.53 bits per heavy atom. The molecule has 3 N–H and O–H groups in total. The van der Waals surface area contributed by atoms with Crippen molar-refractivity contribution >= 4 is 15.8 Å². The molecule has 7 nitrogen and oxygen atoms in total. The molecule has 2 atom stereocenters. The predicted octanol–water partition coefficient (Wildman–Crippen LogP) is -0.566. The van der Waals surface area contributed by atoms with E-state index in [-0.39, 0.29) is 36.5 Å². The van der Waals surface area contributed by atoms with Gasteiger partial charge >= 0.3 is 0 Å². The van der Waals surface area contributed by atoms with Crippen LogP contribution in [0.1, 0.15) is 6.92 Å². The predicted molar refractivity (Wildman–Crippen MR) is 68.8 cm³/mol. The lowest BCUT2D eigenvalue weighted by Crippen LogP contribution is -2.50. The van der Waals surface area contributed by atoms with Crippen LogP contribution in [0.4, 0.5) is 5.82 Å². The van der Waals surface area contributed by atoms with Gasteiger partial charge in [-0.2, -0.15) is 4.31 Å². The Morgan fingerprint density at radius 2 is 2.26 bits per heavy atom. The maximum atomic E-state index is 12.4. The summed E-state index contributed by atoms with van der Waals surface area (Å²) in [7, 11) is -3.63. The number of hydrogen-bond donors (Lipinski definition) is 2. The molecule has 0 aliphatic carbocycles. The molecule has 1 aromatic heterocycles. The van der Waals surface area contributed by atoms with E-state index in [4.69, 9.17) is 15.6 Å². The molecule has 2 rings (SSSR count). The summed E-state index contributed by atoms with van der Waals surface area (Å²) in [5.41, 5.74) is 5.44. The molecule has 19 heavy (non-hydrogen) atoms. The van der Waals surface area contributed by atoms with Crippen molar-refractivity contribution in [3.8, 4) is 0 Å². The highest BCUT2D eigenvalue weighted by Gasteiger charge is 2.33. The van der Waals surface area contributed by atoms with Crippen molar-refractivity contribution in [1.29, 1.82) is 0 Å². The van der Waals surface area contributed by atoms with Gasteiger partial charge in [-0.05, 0) is 19.1 Å². The number of aromatic nitrogens is 1. The lowest BCUT2D eigenvalue weighted by molar-refractivity contribution is -0.0750. The molecule has 1 aromatic rings. The van der Waals surface area contributed by atoms with Crippen LogP contribution < -0.4 is 5.73 Å². The van der Waals surface area contributed by atoms with Crippen molar-refractivity contribution in [2.75, 3.05) is 25.4 Å². The number of nitrogens with two attached hydrogens (primary N) is 1. The van der Waals surface area contributed by atoms with Crippen LogP contribution in [0, 0.1) is 0 Å². The first-order valence-electron chi connectivity index (χ1n) is 5.91. The van der Waals surface area contributed by atoms with Gasteiger partial charge in [-0.1, -0.05) is 0 Å². The lowest BCUT2D eigenvalue weighted by atomic mass is 10.2. The minimum atomic E-state index is -3.63. The first-order valence-corrected chi connectivity index (χ1v) is 7.35. The number of nitrogens with zero attached hydrogens (tertiary/aromatic N) is 2. The number of pyridine rings is 1. The number of anilines is 1. The second-order valence-electron chi connectivity index (χ2n) is 4.49. The van der Waals surface area contributed by atoms with Gasteiger partial charge in [0.05, 0.1) is 18.8 Å². The summed E-state index contributed by atoms with van der Waals surface area (Å²) < 4.78 is 31.6. The normalized spacial score (nSPS) is 25.4. The highest BCUT2D eigenvalue weighted by molar-refractivity contribution is 7.89. The molecule has 0 aromatic carbocycles. The fraction of sp³-hybridized carbons (Fsp3) is 0.545. The minimum absolute atomic E-state index is 0.0903. The second kappa shape index (κ2) is 5.41. The molecule has 2 unspecified atom stereocenters. The van der Waals surface area contributed by atoms with Crippen LogP contribution in [0.5, 0.6) is 0 Å². The van der Waals surface area contributed by atoms with E-state index in [1.165, 1.54) is 22.6 Å². The van der Waals surface area contributed by atoms with Crippen molar-refractivity contribution in [3.05, 3.63) is 18.3 Å². The highest BCUT2D eigenvalue weighted by Crippen LogP contribution is 2.20. The monoisotopic (exact) mass is 287 g/mol. The molecule has 1 saturated heterocycles. The Morgan fingerprint density at radius 3 is 2.84 bits per heavy atom. The number of nitrogen functional groups attached to an aromatic ring is 1. The zero-order valence-corrected chi connectivity index (χ0v) is 11.4. The Bertz CT molecular complexity index is 531. The van der Waals surface area contributed by atoms with E-state index < -0.39 is 16.1 Å². The molecular weight excluding hydrogens is 270 g/mol. The fourth-order valence-electron chi connectivity index (χ4n) is 1.99. The van der Waals surface area contributed by atoms with Crippen molar-refractivity contribution in [3.63, 3.8) is 0 Å². The summed E-state index contributed by atoms with van der Waals surface area (Å²) in [5, 5.41) is 9.12. The number of morpholine rings is 1. The molecule has 1 aliphatic rings. The number of ether oxygens (including phenoxy) is 1. The number of aliphatic hydroxyl groups is 1. The van der Waals surface area contributed by atoms with Crippen LogP contribution in [0.2, 0.25) is 0 Å². The Balaban J connectivity index is 2.26. The van der Waals surface area contributed by atoms with Crippen LogP contribution in [0.15, 0.2) is 23.2 Å². The summed E-state index contributed by atoms with van der Waals surface area (Å²) in [4.78, 5) is 3.88. The molecular formula is C11H17N3O4S. The summed E-state index contributed by atoms with van der Waals surface area (Å²) in [6.45, 7) is 1.94. The van der Waals surface area contributed by atoms with E-state index in [0.29, 0.717) is 0 Å². The van der Waals surface area contributed by atoms with Crippen LogP contribution in [0.3, 0.4) is 0 Å². The van der Waals surface area contributed by atoms with E-state index in [1.807, 2.05) is 0 Å². The maximum absolute atomic E-state index is 12.4. The average molecular weight is 287 g/mol. The van der Waals surface area contributed by atoms with Gasteiger partial charge in [0.25, 0.3) is 0 Å². The van der Waals surface area contributed by atoms with Gasteiger partial charge in [0, 0.05) is 19.3 Å². The van der Waals surface area contributed by atoms with Gasteiger partial charge in [-0.3, -0.25) is 0 Å². The topological polar surface area (TPSA) is 106 Å². The molecule has 0 bridgehead atoms. The van der Waals surface area contributed by atoms with Gasteiger partial charge in [0.1, 0.15) is 10.7 Å². The van der Waals surface area contributed by atoms with Crippen LogP contribution in [-0.2, 0) is 14.8 Å². The molecule has 8 heteroatoms. The van der Waals surface area contributed by atoms with Crippen LogP contribution in [-0.4, -0.2) is 54.7 Å². The first kappa shape index (κ1) is 14.2. The molecule has 0 radical (unpaired) electrons. The molecule has 0 saturated carbocycles. The van der Waals surface area contributed by atoms with Gasteiger partial charge in [-0.15, -0.1) is 0 Å². The van der Waals surface area contributed by atoms with Gasteiger partial charge < -0.3 is 15.6 Å². The van der Waals surface area contributed by atoms with E-state index >= 15 is 0 Å². The summed E-state index contributed by atoms with van der Waals surface area (Å²) in [6.07, 6.45) is 0.473. The van der Waals surface area contributed by atoms with E-state index in [9.17, 15) is 8.42 Å². The highest BCUT2D eigenvalue weighted by atomic mass is 32.2. The first-order chi connectivity index (χ1) is 8.93. The van der Waals surface area contributed by atoms with Gasteiger partial charge in [0.2, 0.25) is 10.0 Å². The van der Waals surface area contributed by atoms with Crippen molar-refractivity contribution in [1.82, 2.24) is 9.29 Å². The zero-order chi connectivity index (χ0) is 14.0. The van der Waals surface area contributed by atoms with Gasteiger partial charge in [-0.25, -0.2) is 13.4 Å². The van der Waals surface area contributed by atoms with Gasteiger partial charge in [0.15, 0.2) is 0 Å². The fourth-order valence-corrected chi connectivity index (χ4v) is 3.49. The SMILES string of the molecule is CC1CN(S(=O)(=O)c2ccc(N)nc2)CC(CO)O1. The molecule has 1 fully saturated rings.